The van der Waals surface area contributed by atoms with Gasteiger partial charge in [0.15, 0.2) is 0 Å². The third-order valence-electron chi connectivity index (χ3n) is 3.38. The Kier molecular flexibility index (Phi) is 3.36. The molecule has 2 nitrogen and oxygen atoms in total. The van der Waals surface area contributed by atoms with Crippen LogP contribution in [0.1, 0.15) is 0 Å². The van der Waals surface area contributed by atoms with Gasteiger partial charge in [0.2, 0.25) is 0 Å². The van der Waals surface area contributed by atoms with Crippen LogP contribution in [0, 0.1) is 0 Å². The average Bonchev–Trinajstić information content (AvgIpc) is 2.46. The molecule has 3 aromatic rings. The molecule has 0 aromatic heterocycles. The highest BCUT2D eigenvalue weighted by atomic mass is 35.5. The van der Waals surface area contributed by atoms with E-state index in [-0.39, 0.29) is 0 Å². The van der Waals surface area contributed by atoms with Crippen molar-refractivity contribution in [2.24, 2.45) is 0 Å². The summed E-state index contributed by atoms with van der Waals surface area (Å²) in [6.07, 6.45) is 0. The highest BCUT2D eigenvalue weighted by molar-refractivity contribution is 6.40. The van der Waals surface area contributed by atoms with E-state index in [4.69, 9.17) is 32.7 Å². The summed E-state index contributed by atoms with van der Waals surface area (Å²) in [7, 11) is 3.26. The Morgan fingerprint density at radius 2 is 1.10 bits per heavy atom. The minimum absolute atomic E-state index is 0.625. The lowest BCUT2D eigenvalue weighted by Gasteiger charge is -2.16. The molecule has 0 N–H and O–H groups in total. The number of ether oxygens (including phenoxy) is 2. The molecule has 4 heteroatoms. The zero-order valence-corrected chi connectivity index (χ0v) is 12.5. The van der Waals surface area contributed by atoms with Crippen molar-refractivity contribution >= 4 is 44.7 Å². The van der Waals surface area contributed by atoms with Gasteiger partial charge in [-0.2, -0.15) is 0 Å². The summed E-state index contributed by atoms with van der Waals surface area (Å²) in [5, 5.41) is 4.69. The van der Waals surface area contributed by atoms with E-state index in [0.717, 1.165) is 21.5 Å². The molecule has 0 spiro atoms. The van der Waals surface area contributed by atoms with E-state index in [9.17, 15) is 0 Å². The molecular formula is C16H12Cl2O2. The number of rotatable bonds is 2. The summed E-state index contributed by atoms with van der Waals surface area (Å²) in [5.74, 6) is 1.42. The van der Waals surface area contributed by atoms with Crippen LogP contribution in [0.5, 0.6) is 11.5 Å². The van der Waals surface area contributed by atoms with Crippen LogP contribution in [0.4, 0.5) is 0 Å². The van der Waals surface area contributed by atoms with Gasteiger partial charge in [0.1, 0.15) is 11.5 Å². The van der Waals surface area contributed by atoms with Crippen molar-refractivity contribution < 1.29 is 9.47 Å². The number of fused-ring (bicyclic) bond motifs is 2. The molecule has 0 atom stereocenters. The lowest BCUT2D eigenvalue weighted by atomic mass is 10.0. The standard InChI is InChI=1S/C16H12Cl2O2/c1-19-15-9-5-3-8-12(18)14(9)16(20-2)10-6-4-7-11(17)13(10)15/h3-8H,1-2H3. The Hall–Kier alpha value is -1.64. The first-order chi connectivity index (χ1) is 9.69. The predicted molar refractivity (Wildman–Crippen MR) is 84.6 cm³/mol. The van der Waals surface area contributed by atoms with Crippen LogP contribution in [-0.2, 0) is 0 Å². The van der Waals surface area contributed by atoms with E-state index < -0.39 is 0 Å². The number of methoxy groups -OCH3 is 2. The Morgan fingerprint density at radius 1 is 0.700 bits per heavy atom. The molecule has 0 saturated carbocycles. The lowest BCUT2D eigenvalue weighted by molar-refractivity contribution is 0.417. The van der Waals surface area contributed by atoms with E-state index in [1.807, 2.05) is 36.4 Å². The predicted octanol–water partition coefficient (Wildman–Crippen LogP) is 5.32. The summed E-state index contributed by atoms with van der Waals surface area (Å²) >= 11 is 12.7. The van der Waals surface area contributed by atoms with Crippen LogP contribution < -0.4 is 9.47 Å². The summed E-state index contributed by atoms with van der Waals surface area (Å²) in [6, 6.07) is 11.3. The molecule has 0 bridgehead atoms. The SMILES string of the molecule is COc1c2cccc(Cl)c2c(OC)c2cccc(Cl)c12. The molecule has 0 radical (unpaired) electrons. The molecule has 0 aliphatic carbocycles. The van der Waals surface area contributed by atoms with Crippen LogP contribution in [0.2, 0.25) is 10.0 Å². The van der Waals surface area contributed by atoms with Crippen LogP contribution >= 0.6 is 23.2 Å². The largest absolute Gasteiger partial charge is 0.495 e. The fourth-order valence-electron chi connectivity index (χ4n) is 2.58. The van der Waals surface area contributed by atoms with E-state index >= 15 is 0 Å². The fraction of sp³-hybridized carbons (Fsp3) is 0.125. The van der Waals surface area contributed by atoms with Crippen LogP contribution in [0.25, 0.3) is 21.5 Å². The molecule has 0 amide bonds. The van der Waals surface area contributed by atoms with Gasteiger partial charge in [-0.25, -0.2) is 0 Å². The fourth-order valence-corrected chi connectivity index (χ4v) is 3.10. The number of hydrogen-bond acceptors (Lipinski definition) is 2. The minimum atomic E-state index is 0.625. The van der Waals surface area contributed by atoms with Crippen LogP contribution in [0.3, 0.4) is 0 Å². The van der Waals surface area contributed by atoms with E-state index in [2.05, 4.69) is 0 Å². The van der Waals surface area contributed by atoms with Crippen LogP contribution in [0.15, 0.2) is 36.4 Å². The maximum Gasteiger partial charge on any atom is 0.136 e. The number of hydrogen-bond donors (Lipinski definition) is 0. The third-order valence-corrected chi connectivity index (χ3v) is 4.01. The molecule has 0 aliphatic rings. The quantitative estimate of drug-likeness (QED) is 0.597. The Balaban J connectivity index is 2.68. The van der Waals surface area contributed by atoms with E-state index in [0.29, 0.717) is 21.5 Å². The van der Waals surface area contributed by atoms with Crippen LogP contribution in [-0.4, -0.2) is 14.2 Å². The molecule has 0 aliphatic heterocycles. The van der Waals surface area contributed by atoms with Gasteiger partial charge in [-0.3, -0.25) is 0 Å². The van der Waals surface area contributed by atoms with Crippen molar-refractivity contribution in [3.8, 4) is 11.5 Å². The molecule has 0 saturated heterocycles. The third kappa shape index (κ3) is 1.80. The zero-order chi connectivity index (χ0) is 14.3. The van der Waals surface area contributed by atoms with E-state index in [1.54, 1.807) is 14.2 Å². The van der Waals surface area contributed by atoms with E-state index in [1.165, 1.54) is 0 Å². The topological polar surface area (TPSA) is 18.5 Å². The molecule has 0 fully saturated rings. The Bertz CT molecular complexity index is 743. The van der Waals surface area contributed by atoms with Gasteiger partial charge in [0, 0.05) is 21.5 Å². The van der Waals surface area contributed by atoms with Gasteiger partial charge in [0.05, 0.1) is 24.3 Å². The van der Waals surface area contributed by atoms with Crippen molar-refractivity contribution in [2.75, 3.05) is 14.2 Å². The first-order valence-electron chi connectivity index (χ1n) is 6.09. The Labute approximate surface area is 126 Å². The zero-order valence-electron chi connectivity index (χ0n) is 11.0. The molecule has 0 unspecified atom stereocenters. The Morgan fingerprint density at radius 3 is 1.45 bits per heavy atom. The van der Waals surface area contributed by atoms with Gasteiger partial charge >= 0.3 is 0 Å². The summed E-state index contributed by atoms with van der Waals surface area (Å²) in [4.78, 5) is 0. The summed E-state index contributed by atoms with van der Waals surface area (Å²) in [5.41, 5.74) is 0. The smallest absolute Gasteiger partial charge is 0.136 e. The van der Waals surface area contributed by atoms with Gasteiger partial charge in [0.25, 0.3) is 0 Å². The highest BCUT2D eigenvalue weighted by Crippen LogP contribution is 2.47. The van der Waals surface area contributed by atoms with Crippen molar-refractivity contribution in [2.45, 2.75) is 0 Å². The van der Waals surface area contributed by atoms with Gasteiger partial charge < -0.3 is 9.47 Å². The summed E-state index contributed by atoms with van der Waals surface area (Å²) in [6.45, 7) is 0. The second kappa shape index (κ2) is 5.04. The minimum Gasteiger partial charge on any atom is -0.495 e. The first kappa shape index (κ1) is 13.3. The number of benzene rings is 3. The number of halogens is 2. The molecule has 20 heavy (non-hydrogen) atoms. The second-order valence-electron chi connectivity index (χ2n) is 4.39. The van der Waals surface area contributed by atoms with Crippen molar-refractivity contribution in [1.82, 2.24) is 0 Å². The second-order valence-corrected chi connectivity index (χ2v) is 5.21. The maximum absolute atomic E-state index is 6.34. The normalized spacial score (nSPS) is 11.0. The first-order valence-corrected chi connectivity index (χ1v) is 6.85. The van der Waals surface area contributed by atoms with Gasteiger partial charge in [-0.1, -0.05) is 47.5 Å². The van der Waals surface area contributed by atoms with Crippen molar-refractivity contribution in [1.29, 1.82) is 0 Å². The monoisotopic (exact) mass is 306 g/mol. The highest BCUT2D eigenvalue weighted by Gasteiger charge is 2.18. The lowest BCUT2D eigenvalue weighted by Crippen LogP contribution is -1.93. The molecular weight excluding hydrogens is 295 g/mol. The molecule has 102 valence electrons. The van der Waals surface area contributed by atoms with Gasteiger partial charge in [-0.05, 0) is 12.1 Å². The molecule has 3 aromatic carbocycles. The maximum atomic E-state index is 6.34. The average molecular weight is 307 g/mol. The van der Waals surface area contributed by atoms with Gasteiger partial charge in [-0.15, -0.1) is 0 Å². The summed E-state index contributed by atoms with van der Waals surface area (Å²) < 4.78 is 11.2. The van der Waals surface area contributed by atoms with Crippen molar-refractivity contribution in [3.63, 3.8) is 0 Å². The van der Waals surface area contributed by atoms with Crippen molar-refractivity contribution in [3.05, 3.63) is 46.4 Å². The molecule has 0 heterocycles. The molecule has 3 rings (SSSR count).